The van der Waals surface area contributed by atoms with Gasteiger partial charge < -0.3 is 35.1 Å². The summed E-state index contributed by atoms with van der Waals surface area (Å²) in [4.78, 5) is 44.8. The number of carboxylic acids is 1. The molecular weight excluding hydrogens is 493 g/mol. The molecule has 11 nitrogen and oxygen atoms in total. The lowest BCUT2D eigenvalue weighted by Crippen LogP contribution is -2.45. The summed E-state index contributed by atoms with van der Waals surface area (Å²) in [6, 6.07) is 5.00. The number of carboxylic acid groups (broad SMARTS) is 1. The zero-order valence-corrected chi connectivity index (χ0v) is 19.5. The van der Waals surface area contributed by atoms with Crippen LogP contribution in [0.25, 0.3) is 0 Å². The molecule has 2 rings (SSSR count). The lowest BCUT2D eigenvalue weighted by atomic mass is 10.0. The van der Waals surface area contributed by atoms with Gasteiger partial charge in [0, 0.05) is 5.56 Å². The lowest BCUT2D eigenvalue weighted by Gasteiger charge is -2.23. The Labute approximate surface area is 204 Å². The third-order valence-electron chi connectivity index (χ3n) is 4.61. The van der Waals surface area contributed by atoms with E-state index < -0.39 is 42.5 Å². The Morgan fingerprint density at radius 1 is 1.11 bits per heavy atom. The first-order valence-corrected chi connectivity index (χ1v) is 10.9. The van der Waals surface area contributed by atoms with E-state index in [1.807, 2.05) is 0 Å². The fraction of sp³-hybridized carbons (Fsp3) is 0.545. The number of piperidine rings is 1. The number of ether oxygens (including phenoxy) is 3. The standard InChI is InChI=1S/C20H28N2O7.C2HF3O2/c1-2-27-19(25)13-29-15-5-3-14(4-6-15)20(26)17(11-23)22-18(24)12-28-16-7-9-21-10-8-16;3-2(4,5)1(6)7/h3-6,16-17,21,23H,2,7-13H2,1H3,(H,22,24);(H,6,7)/t17-;/m0./s1. The second-order valence-corrected chi connectivity index (χ2v) is 7.35. The first kappa shape index (κ1) is 30.8. The van der Waals surface area contributed by atoms with Crippen LogP contribution in [0.5, 0.6) is 5.75 Å². The largest absolute Gasteiger partial charge is 0.490 e. The quantitative estimate of drug-likeness (QED) is 0.240. The van der Waals surface area contributed by atoms with Crippen molar-refractivity contribution in [2.75, 3.05) is 39.5 Å². The number of hydrogen-bond donors (Lipinski definition) is 4. The summed E-state index contributed by atoms with van der Waals surface area (Å²) in [5.74, 6) is -3.73. The molecule has 1 atom stereocenters. The van der Waals surface area contributed by atoms with Crippen molar-refractivity contribution in [2.24, 2.45) is 0 Å². The van der Waals surface area contributed by atoms with Gasteiger partial charge in [0.2, 0.25) is 5.91 Å². The Hall–Kier alpha value is -3.23. The van der Waals surface area contributed by atoms with Crippen LogP contribution in [0, 0.1) is 0 Å². The molecule has 1 saturated heterocycles. The van der Waals surface area contributed by atoms with Crippen molar-refractivity contribution in [3.05, 3.63) is 29.8 Å². The van der Waals surface area contributed by atoms with E-state index in [0.29, 0.717) is 11.3 Å². The normalized spacial score (nSPS) is 14.6. The van der Waals surface area contributed by atoms with Crippen molar-refractivity contribution in [1.82, 2.24) is 10.6 Å². The lowest BCUT2D eigenvalue weighted by molar-refractivity contribution is -0.192. The third-order valence-corrected chi connectivity index (χ3v) is 4.61. The number of hydrogen-bond acceptors (Lipinski definition) is 9. The van der Waals surface area contributed by atoms with Gasteiger partial charge in [0.05, 0.1) is 19.3 Å². The molecule has 1 aromatic carbocycles. The Balaban J connectivity index is 0.000000809. The van der Waals surface area contributed by atoms with Crippen LogP contribution < -0.4 is 15.4 Å². The summed E-state index contributed by atoms with van der Waals surface area (Å²) in [5, 5.41) is 22.3. The molecule has 0 unspecified atom stereocenters. The highest BCUT2D eigenvalue weighted by Gasteiger charge is 2.38. The van der Waals surface area contributed by atoms with Crippen LogP contribution in [0.2, 0.25) is 0 Å². The molecule has 1 amide bonds. The minimum absolute atomic E-state index is 0.0208. The number of nitrogens with one attached hydrogen (secondary N) is 2. The van der Waals surface area contributed by atoms with Crippen molar-refractivity contribution >= 4 is 23.6 Å². The number of aliphatic hydroxyl groups excluding tert-OH is 1. The number of alkyl halides is 3. The van der Waals surface area contributed by atoms with E-state index in [1.165, 1.54) is 24.3 Å². The second-order valence-electron chi connectivity index (χ2n) is 7.35. The highest BCUT2D eigenvalue weighted by Crippen LogP contribution is 2.14. The van der Waals surface area contributed by atoms with Gasteiger partial charge >= 0.3 is 18.1 Å². The van der Waals surface area contributed by atoms with Crippen LogP contribution in [0.4, 0.5) is 13.2 Å². The zero-order valence-electron chi connectivity index (χ0n) is 19.5. The molecule has 4 N–H and O–H groups in total. The molecule has 0 spiro atoms. The van der Waals surface area contributed by atoms with E-state index >= 15 is 0 Å². The highest BCUT2D eigenvalue weighted by atomic mass is 19.4. The van der Waals surface area contributed by atoms with E-state index in [0.717, 1.165) is 25.9 Å². The molecule has 0 aromatic heterocycles. The number of carbonyl (C=O) groups excluding carboxylic acids is 3. The average Bonchev–Trinajstić information content (AvgIpc) is 2.85. The molecule has 1 heterocycles. The van der Waals surface area contributed by atoms with Crippen LogP contribution >= 0.6 is 0 Å². The van der Waals surface area contributed by atoms with Crippen molar-refractivity contribution in [1.29, 1.82) is 0 Å². The van der Waals surface area contributed by atoms with E-state index in [4.69, 9.17) is 24.1 Å². The number of amides is 1. The van der Waals surface area contributed by atoms with Crippen LogP contribution in [0.3, 0.4) is 0 Å². The van der Waals surface area contributed by atoms with Crippen LogP contribution in [0.1, 0.15) is 30.1 Å². The maximum Gasteiger partial charge on any atom is 0.490 e. The van der Waals surface area contributed by atoms with Gasteiger partial charge in [-0.1, -0.05) is 0 Å². The molecule has 1 fully saturated rings. The Morgan fingerprint density at radius 3 is 2.19 bits per heavy atom. The van der Waals surface area contributed by atoms with Crippen LogP contribution in [-0.4, -0.2) is 91.7 Å². The predicted octanol–water partition coefficient (Wildman–Crippen LogP) is 0.690. The van der Waals surface area contributed by atoms with Crippen LogP contribution in [0.15, 0.2) is 24.3 Å². The number of halogens is 3. The van der Waals surface area contributed by atoms with Crippen molar-refractivity contribution in [3.63, 3.8) is 0 Å². The van der Waals surface area contributed by atoms with Gasteiger partial charge in [0.1, 0.15) is 18.4 Å². The summed E-state index contributed by atoms with van der Waals surface area (Å²) in [6.45, 7) is 2.76. The van der Waals surface area contributed by atoms with E-state index in [-0.39, 0.29) is 25.9 Å². The molecular formula is C22H29F3N2O9. The topological polar surface area (TPSA) is 160 Å². The fourth-order valence-electron chi connectivity index (χ4n) is 2.85. The second kappa shape index (κ2) is 15.7. The van der Waals surface area contributed by atoms with Gasteiger partial charge in [-0.05, 0) is 57.1 Å². The number of benzene rings is 1. The molecule has 0 bridgehead atoms. The van der Waals surface area contributed by atoms with Gasteiger partial charge in [-0.3, -0.25) is 9.59 Å². The number of aliphatic carboxylic acids is 1. The molecule has 36 heavy (non-hydrogen) atoms. The maximum absolute atomic E-state index is 12.5. The number of aliphatic hydroxyl groups is 1. The predicted molar refractivity (Wildman–Crippen MR) is 117 cm³/mol. The molecule has 0 saturated carbocycles. The first-order chi connectivity index (χ1) is 17.0. The summed E-state index contributed by atoms with van der Waals surface area (Å²) in [7, 11) is 0. The third kappa shape index (κ3) is 12.0. The summed E-state index contributed by atoms with van der Waals surface area (Å²) < 4.78 is 47.3. The minimum Gasteiger partial charge on any atom is -0.482 e. The molecule has 14 heteroatoms. The van der Waals surface area contributed by atoms with Crippen LogP contribution in [-0.2, 0) is 23.9 Å². The van der Waals surface area contributed by atoms with Gasteiger partial charge in [0.25, 0.3) is 0 Å². The smallest absolute Gasteiger partial charge is 0.482 e. The summed E-state index contributed by atoms with van der Waals surface area (Å²) >= 11 is 0. The van der Waals surface area contributed by atoms with Crippen molar-refractivity contribution < 1.29 is 56.8 Å². The van der Waals surface area contributed by atoms with Gasteiger partial charge in [-0.2, -0.15) is 13.2 Å². The van der Waals surface area contributed by atoms with E-state index in [1.54, 1.807) is 6.92 Å². The van der Waals surface area contributed by atoms with E-state index in [2.05, 4.69) is 10.6 Å². The zero-order chi connectivity index (χ0) is 27.1. The monoisotopic (exact) mass is 522 g/mol. The van der Waals surface area contributed by atoms with Crippen molar-refractivity contribution in [3.8, 4) is 5.75 Å². The fourth-order valence-corrected chi connectivity index (χ4v) is 2.85. The SMILES string of the molecule is CCOC(=O)COc1ccc(C(=O)[C@H](CO)NC(=O)COC2CCNCC2)cc1.O=C(O)C(F)(F)F. The highest BCUT2D eigenvalue weighted by molar-refractivity contribution is 6.02. The molecule has 1 aliphatic heterocycles. The molecule has 1 aliphatic rings. The molecule has 1 aromatic rings. The summed E-state index contributed by atoms with van der Waals surface area (Å²) in [6.07, 6.45) is -3.40. The Bertz CT molecular complexity index is 857. The number of esters is 1. The molecule has 202 valence electrons. The first-order valence-electron chi connectivity index (χ1n) is 10.9. The van der Waals surface area contributed by atoms with Gasteiger partial charge in [-0.25, -0.2) is 9.59 Å². The molecule has 0 radical (unpaired) electrons. The number of rotatable bonds is 11. The van der Waals surface area contributed by atoms with E-state index in [9.17, 15) is 32.7 Å². The Morgan fingerprint density at radius 2 is 1.69 bits per heavy atom. The summed E-state index contributed by atoms with van der Waals surface area (Å²) in [5.41, 5.74) is 0.298. The van der Waals surface area contributed by atoms with Gasteiger partial charge in [-0.15, -0.1) is 0 Å². The Kier molecular flexibility index (Phi) is 13.4. The number of ketones is 1. The van der Waals surface area contributed by atoms with Gasteiger partial charge in [0.15, 0.2) is 12.4 Å². The van der Waals surface area contributed by atoms with Crippen molar-refractivity contribution in [2.45, 2.75) is 38.1 Å². The number of carbonyl (C=O) groups is 4. The average molecular weight is 522 g/mol. The number of Topliss-reactive ketones (excluding diaryl/α,β-unsaturated/α-hetero) is 1. The minimum atomic E-state index is -5.08. The molecule has 0 aliphatic carbocycles. The maximum atomic E-state index is 12.5.